The molecule has 2 unspecified atom stereocenters. The topological polar surface area (TPSA) is 110 Å². The molecule has 2 fully saturated rings. The number of anilines is 1. The third-order valence-electron chi connectivity index (χ3n) is 3.99. The molecule has 8 nitrogen and oxygen atoms in total. The van der Waals surface area contributed by atoms with Crippen LogP contribution in [0.25, 0.3) is 0 Å². The summed E-state index contributed by atoms with van der Waals surface area (Å²) in [6, 6.07) is -0.167. The van der Waals surface area contributed by atoms with Crippen molar-refractivity contribution < 1.29 is 17.9 Å². The van der Waals surface area contributed by atoms with Crippen molar-refractivity contribution in [3.05, 3.63) is 18.0 Å². The molecule has 0 aromatic carbocycles. The van der Waals surface area contributed by atoms with E-state index in [-0.39, 0.29) is 29.6 Å². The predicted octanol–water partition coefficient (Wildman–Crippen LogP) is -0.0156. The Bertz CT molecular complexity index is 656. The zero-order valence-corrected chi connectivity index (χ0v) is 13.5. The van der Waals surface area contributed by atoms with E-state index in [4.69, 9.17) is 4.74 Å². The number of sulfone groups is 1. The van der Waals surface area contributed by atoms with Gasteiger partial charge in [0.1, 0.15) is 0 Å². The van der Waals surface area contributed by atoms with E-state index >= 15 is 0 Å². The Kier molecular flexibility index (Phi) is 4.76. The van der Waals surface area contributed by atoms with Crippen LogP contribution in [0.2, 0.25) is 0 Å². The standard InChI is InChI=1S/C14H20N4O4S/c19-13(15-8-12-2-1-4-22-12)10-6-16-14(17-7-10)18-11-3-5-23(20,21)9-11/h6-7,11-12H,1-5,8-9H2,(H,15,19)(H,16,17,18). The molecule has 9 heteroatoms. The Morgan fingerprint density at radius 1 is 1.30 bits per heavy atom. The lowest BCUT2D eigenvalue weighted by Crippen LogP contribution is -2.32. The average Bonchev–Trinajstić information content (AvgIpc) is 3.15. The molecule has 126 valence electrons. The first-order chi connectivity index (χ1) is 11.0. The number of hydrogen-bond donors (Lipinski definition) is 2. The van der Waals surface area contributed by atoms with Gasteiger partial charge in [-0.3, -0.25) is 4.79 Å². The Balaban J connectivity index is 1.51. The third-order valence-corrected chi connectivity index (χ3v) is 5.76. The van der Waals surface area contributed by atoms with Crippen LogP contribution in [0.15, 0.2) is 12.4 Å². The van der Waals surface area contributed by atoms with E-state index in [1.807, 2.05) is 0 Å². The largest absolute Gasteiger partial charge is 0.376 e. The van der Waals surface area contributed by atoms with Crippen molar-refractivity contribution in [3.63, 3.8) is 0 Å². The second kappa shape index (κ2) is 6.79. The van der Waals surface area contributed by atoms with Crippen LogP contribution in [-0.4, -0.2) is 61.1 Å². The summed E-state index contributed by atoms with van der Waals surface area (Å²) >= 11 is 0. The highest BCUT2D eigenvalue weighted by atomic mass is 32.2. The van der Waals surface area contributed by atoms with Crippen molar-refractivity contribution in [1.29, 1.82) is 0 Å². The minimum absolute atomic E-state index is 0.0881. The molecule has 0 radical (unpaired) electrons. The maximum absolute atomic E-state index is 12.0. The first-order valence-corrected chi connectivity index (χ1v) is 9.53. The van der Waals surface area contributed by atoms with E-state index < -0.39 is 9.84 Å². The molecule has 2 saturated heterocycles. The summed E-state index contributed by atoms with van der Waals surface area (Å²) in [4.78, 5) is 20.2. The van der Waals surface area contributed by atoms with E-state index in [2.05, 4.69) is 20.6 Å². The SMILES string of the molecule is O=C(NCC1CCCO1)c1cnc(NC2CCS(=O)(=O)C2)nc1. The fraction of sp³-hybridized carbons (Fsp3) is 0.643. The number of carbonyl (C=O) groups is 1. The number of nitrogens with zero attached hydrogens (tertiary/aromatic N) is 2. The van der Waals surface area contributed by atoms with Gasteiger partial charge in [0.05, 0.1) is 23.2 Å². The molecule has 1 amide bonds. The first-order valence-electron chi connectivity index (χ1n) is 7.71. The van der Waals surface area contributed by atoms with Gasteiger partial charge in [-0.25, -0.2) is 18.4 Å². The smallest absolute Gasteiger partial charge is 0.254 e. The van der Waals surface area contributed by atoms with E-state index in [0.29, 0.717) is 24.5 Å². The molecule has 3 heterocycles. The van der Waals surface area contributed by atoms with Crippen molar-refractivity contribution in [3.8, 4) is 0 Å². The normalized spacial score (nSPS) is 26.1. The quantitative estimate of drug-likeness (QED) is 0.775. The van der Waals surface area contributed by atoms with Gasteiger partial charge >= 0.3 is 0 Å². The van der Waals surface area contributed by atoms with Gasteiger partial charge in [0.25, 0.3) is 5.91 Å². The average molecular weight is 340 g/mol. The minimum atomic E-state index is -2.95. The minimum Gasteiger partial charge on any atom is -0.376 e. The zero-order valence-electron chi connectivity index (χ0n) is 12.7. The third kappa shape index (κ3) is 4.38. The van der Waals surface area contributed by atoms with Gasteiger partial charge in [0, 0.05) is 31.6 Å². The van der Waals surface area contributed by atoms with Gasteiger partial charge in [-0.1, -0.05) is 0 Å². The number of carbonyl (C=O) groups excluding carboxylic acids is 1. The van der Waals surface area contributed by atoms with Gasteiger partial charge in [0.2, 0.25) is 5.95 Å². The summed E-state index contributed by atoms with van der Waals surface area (Å²) < 4.78 is 28.3. The number of nitrogens with one attached hydrogen (secondary N) is 2. The van der Waals surface area contributed by atoms with Gasteiger partial charge in [-0.2, -0.15) is 0 Å². The molecule has 0 aliphatic carbocycles. The number of hydrogen-bond acceptors (Lipinski definition) is 7. The molecule has 23 heavy (non-hydrogen) atoms. The van der Waals surface area contributed by atoms with E-state index in [9.17, 15) is 13.2 Å². The molecular weight excluding hydrogens is 320 g/mol. The summed E-state index contributed by atoms with van der Waals surface area (Å²) in [5.74, 6) is 0.382. The molecule has 1 aromatic heterocycles. The highest BCUT2D eigenvalue weighted by molar-refractivity contribution is 7.91. The van der Waals surface area contributed by atoms with Crippen molar-refractivity contribution in [2.75, 3.05) is 30.0 Å². The lowest BCUT2D eigenvalue weighted by atomic mass is 10.2. The predicted molar refractivity (Wildman–Crippen MR) is 84.0 cm³/mol. The molecule has 1 aromatic rings. The molecule has 2 aliphatic heterocycles. The molecule has 3 rings (SSSR count). The second-order valence-corrected chi connectivity index (χ2v) is 8.11. The maximum atomic E-state index is 12.0. The number of rotatable bonds is 5. The zero-order chi connectivity index (χ0) is 16.3. The second-order valence-electron chi connectivity index (χ2n) is 5.88. The summed E-state index contributed by atoms with van der Waals surface area (Å²) in [6.45, 7) is 1.24. The van der Waals surface area contributed by atoms with Crippen LogP contribution in [0.5, 0.6) is 0 Å². The van der Waals surface area contributed by atoms with Crippen LogP contribution in [0.1, 0.15) is 29.6 Å². The fourth-order valence-electron chi connectivity index (χ4n) is 2.73. The summed E-state index contributed by atoms with van der Waals surface area (Å²) in [7, 11) is -2.95. The number of aromatic nitrogens is 2. The monoisotopic (exact) mass is 340 g/mol. The van der Waals surface area contributed by atoms with Crippen molar-refractivity contribution in [1.82, 2.24) is 15.3 Å². The first kappa shape index (κ1) is 16.1. The Hall–Kier alpha value is -1.74. The van der Waals surface area contributed by atoms with Crippen molar-refractivity contribution in [2.24, 2.45) is 0 Å². The molecule has 0 bridgehead atoms. The van der Waals surface area contributed by atoms with Gasteiger partial charge < -0.3 is 15.4 Å². The van der Waals surface area contributed by atoms with Crippen LogP contribution >= 0.6 is 0 Å². The van der Waals surface area contributed by atoms with E-state index in [0.717, 1.165) is 19.4 Å². The Morgan fingerprint density at radius 2 is 2.09 bits per heavy atom. The van der Waals surface area contributed by atoms with Crippen LogP contribution in [-0.2, 0) is 14.6 Å². The van der Waals surface area contributed by atoms with Crippen molar-refractivity contribution in [2.45, 2.75) is 31.4 Å². The van der Waals surface area contributed by atoms with Gasteiger partial charge in [0.15, 0.2) is 9.84 Å². The van der Waals surface area contributed by atoms with Crippen LogP contribution in [0.4, 0.5) is 5.95 Å². The van der Waals surface area contributed by atoms with Gasteiger partial charge in [-0.05, 0) is 19.3 Å². The highest BCUT2D eigenvalue weighted by Gasteiger charge is 2.28. The molecule has 0 spiro atoms. The molecule has 2 N–H and O–H groups in total. The lowest BCUT2D eigenvalue weighted by molar-refractivity contribution is 0.0857. The Morgan fingerprint density at radius 3 is 2.70 bits per heavy atom. The molecule has 2 aliphatic rings. The highest BCUT2D eigenvalue weighted by Crippen LogP contribution is 2.15. The van der Waals surface area contributed by atoms with E-state index in [1.165, 1.54) is 12.4 Å². The lowest BCUT2D eigenvalue weighted by Gasteiger charge is -2.12. The van der Waals surface area contributed by atoms with Crippen molar-refractivity contribution >= 4 is 21.7 Å². The molecular formula is C14H20N4O4S. The maximum Gasteiger partial charge on any atom is 0.254 e. The number of ether oxygens (including phenoxy) is 1. The van der Waals surface area contributed by atoms with E-state index in [1.54, 1.807) is 0 Å². The molecule has 0 saturated carbocycles. The number of amides is 1. The molecule has 2 atom stereocenters. The van der Waals surface area contributed by atoms with Gasteiger partial charge in [-0.15, -0.1) is 0 Å². The van der Waals surface area contributed by atoms with Crippen LogP contribution in [0.3, 0.4) is 0 Å². The fourth-order valence-corrected chi connectivity index (χ4v) is 4.40. The summed E-state index contributed by atoms with van der Waals surface area (Å²) in [6.07, 6.45) is 5.50. The summed E-state index contributed by atoms with van der Waals surface area (Å²) in [5.41, 5.74) is 0.368. The van der Waals surface area contributed by atoms with Crippen LogP contribution in [0, 0.1) is 0 Å². The summed E-state index contributed by atoms with van der Waals surface area (Å²) in [5, 5.41) is 5.79. The van der Waals surface area contributed by atoms with Crippen LogP contribution < -0.4 is 10.6 Å². The Labute approximate surface area is 135 Å².